The lowest BCUT2D eigenvalue weighted by molar-refractivity contribution is -0.133. The van der Waals surface area contributed by atoms with Gasteiger partial charge in [0.2, 0.25) is 0 Å². The van der Waals surface area contributed by atoms with Crippen LogP contribution in [0.3, 0.4) is 0 Å². The summed E-state index contributed by atoms with van der Waals surface area (Å²) >= 11 is 0. The summed E-state index contributed by atoms with van der Waals surface area (Å²) in [6.07, 6.45) is 4.10. The summed E-state index contributed by atoms with van der Waals surface area (Å²) < 4.78 is 5.25. The molecular formula is C18H14O3. The topological polar surface area (TPSA) is 46.5 Å². The molecule has 2 aromatic rings. The number of allylic oxidation sites excluding steroid dienone is 1. The average Bonchev–Trinajstić information content (AvgIpc) is 2.82. The van der Waals surface area contributed by atoms with Gasteiger partial charge in [0, 0.05) is 12.0 Å². The lowest BCUT2D eigenvalue weighted by Crippen LogP contribution is -2.01. The van der Waals surface area contributed by atoms with Crippen LogP contribution >= 0.6 is 0 Å². The second-order valence-electron chi connectivity index (χ2n) is 4.86. The molecular weight excluding hydrogens is 264 g/mol. The number of benzene rings is 2. The van der Waals surface area contributed by atoms with Gasteiger partial charge in [0.1, 0.15) is 11.5 Å². The van der Waals surface area contributed by atoms with Gasteiger partial charge in [-0.3, -0.25) is 0 Å². The van der Waals surface area contributed by atoms with E-state index in [1.54, 1.807) is 36.4 Å². The summed E-state index contributed by atoms with van der Waals surface area (Å²) in [5.74, 6) is 0.432. The summed E-state index contributed by atoms with van der Waals surface area (Å²) in [4.78, 5) is 11.9. The van der Waals surface area contributed by atoms with Crippen molar-refractivity contribution in [1.82, 2.24) is 0 Å². The monoisotopic (exact) mass is 278 g/mol. The van der Waals surface area contributed by atoms with E-state index in [-0.39, 0.29) is 11.7 Å². The number of aromatic hydroxyl groups is 1. The van der Waals surface area contributed by atoms with Gasteiger partial charge in [-0.05, 0) is 35.4 Å². The number of carbonyl (C=O) groups is 1. The van der Waals surface area contributed by atoms with E-state index in [1.165, 1.54) is 0 Å². The van der Waals surface area contributed by atoms with Crippen LogP contribution in [0.5, 0.6) is 5.75 Å². The molecule has 1 N–H and O–H groups in total. The van der Waals surface area contributed by atoms with Crippen molar-refractivity contribution < 1.29 is 14.6 Å². The summed E-state index contributed by atoms with van der Waals surface area (Å²) in [5.41, 5.74) is 2.59. The quantitative estimate of drug-likeness (QED) is 0.875. The van der Waals surface area contributed by atoms with Gasteiger partial charge in [0.25, 0.3) is 0 Å². The zero-order chi connectivity index (χ0) is 14.7. The van der Waals surface area contributed by atoms with Crippen LogP contribution in [0.2, 0.25) is 0 Å². The maximum Gasteiger partial charge on any atom is 0.339 e. The van der Waals surface area contributed by atoms with Gasteiger partial charge in [-0.15, -0.1) is 0 Å². The van der Waals surface area contributed by atoms with Crippen LogP contribution in [0, 0.1) is 0 Å². The number of hydrogen-bond acceptors (Lipinski definition) is 3. The van der Waals surface area contributed by atoms with Crippen LogP contribution in [0.25, 0.3) is 6.08 Å². The number of phenols is 1. The molecule has 0 aliphatic carbocycles. The summed E-state index contributed by atoms with van der Waals surface area (Å²) in [5, 5.41) is 9.25. The first-order valence-corrected chi connectivity index (χ1v) is 6.68. The Morgan fingerprint density at radius 1 is 1.00 bits per heavy atom. The molecule has 2 aromatic carbocycles. The summed E-state index contributed by atoms with van der Waals surface area (Å²) in [7, 11) is 0. The maximum absolute atomic E-state index is 11.9. The molecule has 0 aromatic heterocycles. The van der Waals surface area contributed by atoms with Crippen LogP contribution in [-0.4, -0.2) is 11.1 Å². The van der Waals surface area contributed by atoms with E-state index in [4.69, 9.17) is 4.74 Å². The van der Waals surface area contributed by atoms with Crippen molar-refractivity contribution in [3.05, 3.63) is 83.1 Å². The van der Waals surface area contributed by atoms with Crippen molar-refractivity contribution >= 4 is 12.0 Å². The van der Waals surface area contributed by atoms with Crippen molar-refractivity contribution in [2.24, 2.45) is 0 Å². The largest absolute Gasteiger partial charge is 0.508 e. The smallest absolute Gasteiger partial charge is 0.339 e. The highest BCUT2D eigenvalue weighted by molar-refractivity contribution is 5.94. The van der Waals surface area contributed by atoms with Gasteiger partial charge in [-0.2, -0.15) is 0 Å². The molecule has 0 radical (unpaired) electrons. The molecule has 0 amide bonds. The molecule has 3 rings (SSSR count). The first kappa shape index (κ1) is 13.2. The Balaban J connectivity index is 1.80. The summed E-state index contributed by atoms with van der Waals surface area (Å²) in [6.45, 7) is 0. The van der Waals surface area contributed by atoms with Crippen LogP contribution in [-0.2, 0) is 16.0 Å². The van der Waals surface area contributed by atoms with Crippen molar-refractivity contribution in [3.8, 4) is 5.75 Å². The minimum atomic E-state index is -0.302. The van der Waals surface area contributed by atoms with E-state index in [0.29, 0.717) is 17.8 Å². The highest BCUT2D eigenvalue weighted by Crippen LogP contribution is 2.23. The number of ether oxygens (including phenoxy) is 1. The van der Waals surface area contributed by atoms with Gasteiger partial charge >= 0.3 is 5.97 Å². The molecule has 1 aliphatic heterocycles. The van der Waals surface area contributed by atoms with Crippen LogP contribution in [0.1, 0.15) is 11.1 Å². The number of carbonyl (C=O) groups excluding carboxylic acids is 1. The average molecular weight is 278 g/mol. The zero-order valence-electron chi connectivity index (χ0n) is 11.3. The molecule has 0 fully saturated rings. The second-order valence-corrected chi connectivity index (χ2v) is 4.86. The molecule has 3 nitrogen and oxygen atoms in total. The molecule has 0 atom stereocenters. The van der Waals surface area contributed by atoms with Gasteiger partial charge < -0.3 is 9.84 Å². The SMILES string of the molecule is O=C1O/C(=C\c2ccc(O)cc2)C=C1Cc1ccccc1. The molecule has 0 unspecified atom stereocenters. The second kappa shape index (κ2) is 5.67. The lowest BCUT2D eigenvalue weighted by Gasteiger charge is -1.99. The van der Waals surface area contributed by atoms with Crippen molar-refractivity contribution in [2.45, 2.75) is 6.42 Å². The Morgan fingerprint density at radius 3 is 2.43 bits per heavy atom. The van der Waals surface area contributed by atoms with Crippen molar-refractivity contribution in [2.75, 3.05) is 0 Å². The van der Waals surface area contributed by atoms with E-state index in [0.717, 1.165) is 11.1 Å². The molecule has 0 bridgehead atoms. The molecule has 0 saturated carbocycles. The van der Waals surface area contributed by atoms with Crippen molar-refractivity contribution in [1.29, 1.82) is 0 Å². The highest BCUT2D eigenvalue weighted by Gasteiger charge is 2.21. The molecule has 1 heterocycles. The fraction of sp³-hybridized carbons (Fsp3) is 0.0556. The fourth-order valence-electron chi connectivity index (χ4n) is 2.18. The third-order valence-electron chi connectivity index (χ3n) is 3.23. The van der Waals surface area contributed by atoms with Crippen LogP contribution in [0.4, 0.5) is 0 Å². The van der Waals surface area contributed by atoms with Crippen LogP contribution in [0.15, 0.2) is 72.0 Å². The predicted octanol–water partition coefficient (Wildman–Crippen LogP) is 3.46. The van der Waals surface area contributed by atoms with Gasteiger partial charge in [0.05, 0.1) is 0 Å². The Hall–Kier alpha value is -2.81. The summed E-state index contributed by atoms with van der Waals surface area (Å²) in [6, 6.07) is 16.5. The Bertz CT molecular complexity index is 710. The molecule has 0 saturated heterocycles. The van der Waals surface area contributed by atoms with Gasteiger partial charge in [-0.1, -0.05) is 42.5 Å². The molecule has 1 aliphatic rings. The van der Waals surface area contributed by atoms with Gasteiger partial charge in [0.15, 0.2) is 0 Å². The third-order valence-corrected chi connectivity index (χ3v) is 3.23. The molecule has 21 heavy (non-hydrogen) atoms. The third kappa shape index (κ3) is 3.20. The van der Waals surface area contributed by atoms with Crippen LogP contribution < -0.4 is 0 Å². The number of rotatable bonds is 3. The number of cyclic esters (lactones) is 1. The predicted molar refractivity (Wildman–Crippen MR) is 80.4 cm³/mol. The molecule has 3 heteroatoms. The van der Waals surface area contributed by atoms with E-state index < -0.39 is 0 Å². The minimum absolute atomic E-state index is 0.209. The number of esters is 1. The number of phenolic OH excluding ortho intramolecular Hbond substituents is 1. The maximum atomic E-state index is 11.9. The van der Waals surface area contributed by atoms with E-state index in [1.807, 2.05) is 30.3 Å². The lowest BCUT2D eigenvalue weighted by atomic mass is 10.1. The Morgan fingerprint density at radius 2 is 1.71 bits per heavy atom. The van der Waals surface area contributed by atoms with Gasteiger partial charge in [-0.25, -0.2) is 4.79 Å². The van der Waals surface area contributed by atoms with E-state index >= 15 is 0 Å². The first-order valence-electron chi connectivity index (χ1n) is 6.68. The molecule has 0 spiro atoms. The Kier molecular flexibility index (Phi) is 3.56. The number of hydrogen-bond donors (Lipinski definition) is 1. The molecule has 104 valence electrons. The standard InChI is InChI=1S/C18H14O3/c19-16-8-6-14(7-9-16)11-17-12-15(18(20)21-17)10-13-4-2-1-3-5-13/h1-9,11-12,19H,10H2/b17-11-. The first-order chi connectivity index (χ1) is 10.2. The zero-order valence-corrected chi connectivity index (χ0v) is 11.3. The fourth-order valence-corrected chi connectivity index (χ4v) is 2.18. The van der Waals surface area contributed by atoms with E-state index in [2.05, 4.69) is 0 Å². The normalized spacial score (nSPS) is 15.9. The highest BCUT2D eigenvalue weighted by atomic mass is 16.5. The van der Waals surface area contributed by atoms with E-state index in [9.17, 15) is 9.90 Å². The van der Waals surface area contributed by atoms with Crippen molar-refractivity contribution in [3.63, 3.8) is 0 Å². The Labute approximate surface area is 122 Å². The minimum Gasteiger partial charge on any atom is -0.508 e.